The van der Waals surface area contributed by atoms with Crippen molar-refractivity contribution >= 4 is 29.1 Å². The van der Waals surface area contributed by atoms with Crippen LogP contribution in [0, 0.1) is 13.8 Å². The first-order valence-corrected chi connectivity index (χ1v) is 16.3. The third-order valence-electron chi connectivity index (χ3n) is 8.52. The van der Waals surface area contributed by atoms with Gasteiger partial charge in [-0.2, -0.15) is 0 Å². The van der Waals surface area contributed by atoms with Gasteiger partial charge in [0.15, 0.2) is 0 Å². The Balaban J connectivity index is 0.000000193. The molecule has 7 heteroatoms. The quantitative estimate of drug-likeness (QED) is 0.326. The van der Waals surface area contributed by atoms with Crippen LogP contribution in [0.5, 0.6) is 0 Å². The zero-order valence-electron chi connectivity index (χ0n) is 25.7. The molecule has 3 aliphatic rings. The fourth-order valence-corrected chi connectivity index (χ4v) is 6.11. The number of amides is 1. The summed E-state index contributed by atoms with van der Waals surface area (Å²) < 4.78 is 5.32. The number of carbonyl (C=O) groups is 1. The second kappa shape index (κ2) is 18.1. The maximum atomic E-state index is 12.3. The molecular weight excluding hydrogens is 553 g/mol. The molecule has 228 valence electrons. The van der Waals surface area contributed by atoms with Crippen molar-refractivity contribution in [3.05, 3.63) is 69.2 Å². The van der Waals surface area contributed by atoms with Crippen LogP contribution in [0.4, 0.5) is 0 Å². The second-order valence-corrected chi connectivity index (χ2v) is 12.6. The summed E-state index contributed by atoms with van der Waals surface area (Å²) in [6.45, 7) is 14.5. The van der Waals surface area contributed by atoms with Crippen molar-refractivity contribution in [2.45, 2.75) is 77.7 Å². The Morgan fingerprint density at radius 2 is 1.46 bits per heavy atom. The Hall–Kier alpha value is -1.63. The van der Waals surface area contributed by atoms with Crippen LogP contribution in [0.15, 0.2) is 42.5 Å². The van der Waals surface area contributed by atoms with Gasteiger partial charge in [-0.3, -0.25) is 9.69 Å². The molecule has 2 aromatic rings. The molecule has 3 saturated heterocycles. The van der Waals surface area contributed by atoms with Crippen molar-refractivity contribution < 1.29 is 9.53 Å². The molecule has 5 nitrogen and oxygen atoms in total. The molecule has 0 aromatic heterocycles. The van der Waals surface area contributed by atoms with Crippen LogP contribution in [-0.2, 0) is 9.53 Å². The van der Waals surface area contributed by atoms with E-state index in [4.69, 9.17) is 27.9 Å². The lowest BCUT2D eigenvalue weighted by Gasteiger charge is -2.33. The Kier molecular flexibility index (Phi) is 15.0. The predicted octanol–water partition coefficient (Wildman–Crippen LogP) is 7.61. The highest BCUT2D eigenvalue weighted by molar-refractivity contribution is 6.31. The van der Waals surface area contributed by atoms with Crippen molar-refractivity contribution in [1.82, 2.24) is 14.7 Å². The predicted molar refractivity (Wildman–Crippen MR) is 173 cm³/mol. The number of hydrogen-bond donors (Lipinski definition) is 0. The summed E-state index contributed by atoms with van der Waals surface area (Å²) in [4.78, 5) is 19.1. The van der Waals surface area contributed by atoms with E-state index < -0.39 is 0 Å². The zero-order valence-corrected chi connectivity index (χ0v) is 27.2. The topological polar surface area (TPSA) is 36.0 Å². The van der Waals surface area contributed by atoms with Crippen molar-refractivity contribution in [3.8, 4) is 0 Å². The molecule has 3 aliphatic heterocycles. The number of halogens is 2. The molecule has 3 fully saturated rings. The number of likely N-dealkylation sites (tertiary alicyclic amines) is 3. The number of benzene rings is 2. The molecule has 1 amide bonds. The van der Waals surface area contributed by atoms with E-state index in [1.54, 1.807) is 0 Å². The molecule has 0 radical (unpaired) electrons. The van der Waals surface area contributed by atoms with E-state index in [-0.39, 0.29) is 0 Å². The van der Waals surface area contributed by atoms with Gasteiger partial charge in [0.1, 0.15) is 0 Å². The molecule has 0 aliphatic carbocycles. The number of piperidine rings is 1. The minimum Gasteiger partial charge on any atom is -0.380 e. The van der Waals surface area contributed by atoms with Crippen LogP contribution >= 0.6 is 23.2 Å². The molecule has 0 saturated carbocycles. The first kappa shape index (κ1) is 33.9. The second-order valence-electron chi connectivity index (χ2n) is 11.7. The third-order valence-corrected chi connectivity index (χ3v) is 9.18. The Morgan fingerprint density at radius 1 is 0.878 bits per heavy atom. The first-order chi connectivity index (χ1) is 19.8. The third kappa shape index (κ3) is 11.9. The minimum atomic E-state index is 0.312. The summed E-state index contributed by atoms with van der Waals surface area (Å²) in [5, 5.41) is 1.65. The van der Waals surface area contributed by atoms with Gasteiger partial charge in [-0.25, -0.2) is 0 Å². The van der Waals surface area contributed by atoms with E-state index in [0.717, 1.165) is 67.6 Å². The first-order valence-electron chi connectivity index (χ1n) is 15.5. The Bertz CT molecular complexity index is 1020. The van der Waals surface area contributed by atoms with E-state index in [9.17, 15) is 4.79 Å². The normalized spacial score (nSPS) is 18.8. The van der Waals surface area contributed by atoms with Crippen LogP contribution in [0.25, 0.3) is 0 Å². The van der Waals surface area contributed by atoms with Gasteiger partial charge in [0, 0.05) is 36.8 Å². The van der Waals surface area contributed by atoms with Gasteiger partial charge < -0.3 is 14.5 Å². The summed E-state index contributed by atoms with van der Waals surface area (Å²) in [7, 11) is 1.81. The minimum absolute atomic E-state index is 0.312. The maximum absolute atomic E-state index is 12.3. The zero-order chi connectivity index (χ0) is 29.6. The van der Waals surface area contributed by atoms with E-state index >= 15 is 0 Å². The molecule has 1 unspecified atom stereocenters. The van der Waals surface area contributed by atoms with Gasteiger partial charge in [0.25, 0.3) is 0 Å². The van der Waals surface area contributed by atoms with E-state index in [2.05, 4.69) is 34.9 Å². The van der Waals surface area contributed by atoms with Crippen molar-refractivity contribution in [1.29, 1.82) is 0 Å². The number of methoxy groups -OCH3 is 1. The van der Waals surface area contributed by atoms with E-state index in [1.165, 1.54) is 49.9 Å². The van der Waals surface area contributed by atoms with Crippen molar-refractivity contribution in [3.63, 3.8) is 0 Å². The van der Waals surface area contributed by atoms with E-state index in [0.29, 0.717) is 24.5 Å². The number of ether oxygens (including phenoxy) is 1. The SMILES string of the molecule is CCC(CN1CCCC1)OC.Cc1ccc(C)c(Cl)c1.O=C(CN1CCCC1)N1CCC(c2ccc(Cl)cc2)CC1. The summed E-state index contributed by atoms with van der Waals surface area (Å²) in [5.41, 5.74) is 3.71. The standard InChI is InChI=1S/C17H23ClN2O.C9H19NO.C8H9Cl/c18-16-5-3-14(4-6-16)15-7-11-20(12-8-15)17(21)13-19-9-1-2-10-19;1-3-9(11-2)8-10-6-4-5-7-10;1-6-3-4-7(2)8(9)5-6/h3-6,15H,1-2,7-13H2;9H,3-8H2,1-2H3;3-5H,1-2H3. The van der Waals surface area contributed by atoms with Crippen molar-refractivity contribution in [2.75, 3.05) is 59.5 Å². The average molecular weight is 605 g/mol. The molecule has 0 N–H and O–H groups in total. The molecule has 0 bridgehead atoms. The lowest BCUT2D eigenvalue weighted by molar-refractivity contribution is -0.133. The molecule has 5 rings (SSSR count). The number of rotatable bonds is 7. The van der Waals surface area contributed by atoms with Gasteiger partial charge in [-0.05, 0) is 126 Å². The number of hydrogen-bond acceptors (Lipinski definition) is 4. The number of carbonyl (C=O) groups excluding carboxylic acids is 1. The number of nitrogens with zero attached hydrogens (tertiary/aromatic N) is 3. The molecular formula is C34H51Cl2N3O2. The lowest BCUT2D eigenvalue weighted by Crippen LogP contribution is -2.43. The largest absolute Gasteiger partial charge is 0.380 e. The smallest absolute Gasteiger partial charge is 0.236 e. The highest BCUT2D eigenvalue weighted by Gasteiger charge is 2.25. The van der Waals surface area contributed by atoms with E-state index in [1.807, 2.05) is 50.1 Å². The molecule has 0 spiro atoms. The monoisotopic (exact) mass is 603 g/mol. The molecule has 1 atom stereocenters. The van der Waals surface area contributed by atoms with Crippen LogP contribution in [-0.4, -0.2) is 86.2 Å². The Labute approximate surface area is 259 Å². The van der Waals surface area contributed by atoms with Crippen LogP contribution < -0.4 is 0 Å². The fraction of sp³-hybridized carbons (Fsp3) is 0.618. The van der Waals surface area contributed by atoms with Gasteiger partial charge >= 0.3 is 0 Å². The summed E-state index contributed by atoms with van der Waals surface area (Å²) in [5.74, 6) is 0.879. The molecule has 3 heterocycles. The molecule has 41 heavy (non-hydrogen) atoms. The average Bonchev–Trinajstić information content (AvgIpc) is 3.70. The van der Waals surface area contributed by atoms with Crippen LogP contribution in [0.1, 0.15) is 74.5 Å². The van der Waals surface area contributed by atoms with Crippen LogP contribution in [0.3, 0.4) is 0 Å². The Morgan fingerprint density at radius 3 is 1.98 bits per heavy atom. The number of aryl methyl sites for hydroxylation is 2. The van der Waals surface area contributed by atoms with Gasteiger partial charge in [0.05, 0.1) is 12.6 Å². The van der Waals surface area contributed by atoms with Gasteiger partial charge in [0.2, 0.25) is 5.91 Å². The van der Waals surface area contributed by atoms with Gasteiger partial charge in [-0.1, -0.05) is 54.4 Å². The summed E-state index contributed by atoms with van der Waals surface area (Å²) >= 11 is 11.8. The molecule has 2 aromatic carbocycles. The summed E-state index contributed by atoms with van der Waals surface area (Å²) in [6.07, 6.45) is 8.94. The summed E-state index contributed by atoms with van der Waals surface area (Å²) in [6, 6.07) is 14.2. The van der Waals surface area contributed by atoms with Crippen molar-refractivity contribution in [2.24, 2.45) is 0 Å². The highest BCUT2D eigenvalue weighted by atomic mass is 35.5. The highest BCUT2D eigenvalue weighted by Crippen LogP contribution is 2.29. The van der Waals surface area contributed by atoms with Gasteiger partial charge in [-0.15, -0.1) is 0 Å². The lowest BCUT2D eigenvalue weighted by atomic mass is 9.89. The van der Waals surface area contributed by atoms with Crippen LogP contribution in [0.2, 0.25) is 10.0 Å². The maximum Gasteiger partial charge on any atom is 0.236 e. The fourth-order valence-electron chi connectivity index (χ4n) is 5.75.